The molecular formula is C7H15NO2S. The van der Waals surface area contributed by atoms with Crippen LogP contribution >= 0.6 is 11.8 Å². The molecule has 0 aromatic heterocycles. The highest BCUT2D eigenvalue weighted by atomic mass is 32.2. The molecule has 0 heterocycles. The number of rotatable bonds is 5. The Morgan fingerprint density at radius 2 is 2.36 bits per heavy atom. The fourth-order valence-electron chi connectivity index (χ4n) is 0.612. The third kappa shape index (κ3) is 5.09. The van der Waals surface area contributed by atoms with Crippen molar-refractivity contribution in [2.24, 2.45) is 5.73 Å². The van der Waals surface area contributed by atoms with Gasteiger partial charge in [0.1, 0.15) is 6.04 Å². The average molecular weight is 177 g/mol. The second-order valence-electron chi connectivity index (χ2n) is 2.14. The quantitative estimate of drug-likeness (QED) is 0.626. The molecule has 0 saturated carbocycles. The molecule has 0 saturated heterocycles. The van der Waals surface area contributed by atoms with Gasteiger partial charge in [0.05, 0.1) is 6.61 Å². The van der Waals surface area contributed by atoms with Crippen molar-refractivity contribution in [1.29, 1.82) is 0 Å². The summed E-state index contributed by atoms with van der Waals surface area (Å²) in [4.78, 5) is 10.9. The molecule has 0 rings (SSSR count). The summed E-state index contributed by atoms with van der Waals surface area (Å²) in [5.74, 6) is 0.613. The average Bonchev–Trinajstić information content (AvgIpc) is 2.00. The molecule has 4 heteroatoms. The van der Waals surface area contributed by atoms with E-state index in [1.54, 1.807) is 18.7 Å². The molecule has 0 unspecified atom stereocenters. The molecule has 0 amide bonds. The third-order valence-electron chi connectivity index (χ3n) is 1.22. The summed E-state index contributed by atoms with van der Waals surface area (Å²) in [6, 6.07) is -0.442. The largest absolute Gasteiger partial charge is 0.465 e. The summed E-state index contributed by atoms with van der Waals surface area (Å²) in [5.41, 5.74) is 5.50. The van der Waals surface area contributed by atoms with E-state index in [2.05, 4.69) is 0 Å². The second kappa shape index (κ2) is 6.49. The second-order valence-corrected chi connectivity index (χ2v) is 3.13. The molecule has 2 N–H and O–H groups in total. The predicted octanol–water partition coefficient (Wildman–Crippen LogP) is 0.630. The Labute approximate surface area is 71.7 Å². The van der Waals surface area contributed by atoms with Crippen molar-refractivity contribution in [3.63, 3.8) is 0 Å². The number of hydrogen-bond acceptors (Lipinski definition) is 4. The first-order valence-corrected chi connectivity index (χ1v) is 5.03. The van der Waals surface area contributed by atoms with Gasteiger partial charge in [-0.25, -0.2) is 0 Å². The van der Waals surface area contributed by atoms with Crippen molar-refractivity contribution in [2.75, 3.05) is 18.6 Å². The van der Waals surface area contributed by atoms with E-state index in [0.717, 1.165) is 5.75 Å². The molecular weight excluding hydrogens is 162 g/mol. The van der Waals surface area contributed by atoms with Crippen LogP contribution in [0.25, 0.3) is 0 Å². The first-order chi connectivity index (χ1) is 5.22. The molecule has 0 fully saturated rings. The Bertz CT molecular complexity index is 119. The van der Waals surface area contributed by atoms with Crippen molar-refractivity contribution < 1.29 is 9.53 Å². The third-order valence-corrected chi connectivity index (χ3v) is 1.87. The number of ether oxygens (including phenoxy) is 1. The lowest BCUT2D eigenvalue weighted by atomic mass is 10.2. The number of carbonyl (C=O) groups is 1. The Hall–Kier alpha value is -0.220. The zero-order chi connectivity index (χ0) is 8.69. The van der Waals surface area contributed by atoms with Crippen molar-refractivity contribution in [3.05, 3.63) is 0 Å². The van der Waals surface area contributed by atoms with Gasteiger partial charge >= 0.3 is 5.97 Å². The zero-order valence-corrected chi connectivity index (χ0v) is 7.82. The minimum atomic E-state index is -0.442. The van der Waals surface area contributed by atoms with Gasteiger partial charge in [-0.05, 0) is 25.4 Å². The Morgan fingerprint density at radius 3 is 2.82 bits per heavy atom. The molecule has 0 bridgehead atoms. The van der Waals surface area contributed by atoms with E-state index in [4.69, 9.17) is 10.5 Å². The Kier molecular flexibility index (Phi) is 6.36. The van der Waals surface area contributed by atoms with Gasteiger partial charge in [-0.3, -0.25) is 4.79 Å². The topological polar surface area (TPSA) is 52.3 Å². The van der Waals surface area contributed by atoms with E-state index in [0.29, 0.717) is 13.0 Å². The van der Waals surface area contributed by atoms with Gasteiger partial charge in [0.15, 0.2) is 0 Å². The smallest absolute Gasteiger partial charge is 0.322 e. The number of esters is 1. The summed E-state index contributed by atoms with van der Waals surface area (Å²) < 4.78 is 4.73. The maximum atomic E-state index is 10.9. The Balaban J connectivity index is 3.46. The highest BCUT2D eigenvalue weighted by Crippen LogP contribution is 1.99. The number of nitrogens with two attached hydrogens (primary N) is 1. The van der Waals surface area contributed by atoms with Crippen molar-refractivity contribution in [3.8, 4) is 0 Å². The van der Waals surface area contributed by atoms with Crippen LogP contribution in [0.2, 0.25) is 0 Å². The highest BCUT2D eigenvalue weighted by molar-refractivity contribution is 7.98. The normalized spacial score (nSPS) is 12.6. The zero-order valence-electron chi connectivity index (χ0n) is 7.00. The van der Waals surface area contributed by atoms with Gasteiger partial charge < -0.3 is 10.5 Å². The van der Waals surface area contributed by atoms with Gasteiger partial charge in [0, 0.05) is 0 Å². The molecule has 0 radical (unpaired) electrons. The number of thioether (sulfide) groups is 1. The summed E-state index contributed by atoms with van der Waals surface area (Å²) in [6.45, 7) is 2.19. The van der Waals surface area contributed by atoms with E-state index in [-0.39, 0.29) is 5.97 Å². The molecule has 0 spiro atoms. The van der Waals surface area contributed by atoms with E-state index >= 15 is 0 Å². The van der Waals surface area contributed by atoms with Crippen LogP contribution in [0.1, 0.15) is 13.3 Å². The van der Waals surface area contributed by atoms with E-state index in [1.165, 1.54) is 0 Å². The van der Waals surface area contributed by atoms with Crippen molar-refractivity contribution >= 4 is 17.7 Å². The summed E-state index contributed by atoms with van der Waals surface area (Å²) in [6.07, 6.45) is 2.68. The molecule has 3 nitrogen and oxygen atoms in total. The minimum absolute atomic E-state index is 0.290. The minimum Gasteiger partial charge on any atom is -0.465 e. The molecule has 0 aliphatic rings. The maximum Gasteiger partial charge on any atom is 0.322 e. The summed E-state index contributed by atoms with van der Waals surface area (Å²) in [7, 11) is 0. The molecule has 0 aromatic rings. The van der Waals surface area contributed by atoms with E-state index in [9.17, 15) is 4.79 Å². The summed E-state index contributed by atoms with van der Waals surface area (Å²) >= 11 is 1.68. The molecule has 0 aliphatic carbocycles. The molecule has 11 heavy (non-hydrogen) atoms. The van der Waals surface area contributed by atoms with Crippen LogP contribution in [-0.2, 0) is 9.53 Å². The molecule has 1 atom stereocenters. The maximum absolute atomic E-state index is 10.9. The standard InChI is InChI=1S/C7H15NO2S/c1-3-10-7(9)6(8)4-5-11-2/h6H,3-5,8H2,1-2H3/t6-/m0/s1. The van der Waals surface area contributed by atoms with Crippen LogP contribution in [0.5, 0.6) is 0 Å². The first-order valence-electron chi connectivity index (χ1n) is 3.63. The van der Waals surface area contributed by atoms with Crippen molar-refractivity contribution in [1.82, 2.24) is 0 Å². The lowest BCUT2D eigenvalue weighted by Gasteiger charge is -2.08. The van der Waals surface area contributed by atoms with E-state index in [1.807, 2.05) is 6.26 Å². The fraction of sp³-hybridized carbons (Fsp3) is 0.857. The lowest BCUT2D eigenvalue weighted by Crippen LogP contribution is -2.32. The highest BCUT2D eigenvalue weighted by Gasteiger charge is 2.12. The molecule has 66 valence electrons. The van der Waals surface area contributed by atoms with Crippen molar-refractivity contribution in [2.45, 2.75) is 19.4 Å². The van der Waals surface area contributed by atoms with E-state index < -0.39 is 6.04 Å². The van der Waals surface area contributed by atoms with Gasteiger partial charge in [0.25, 0.3) is 0 Å². The first kappa shape index (κ1) is 10.8. The fourth-order valence-corrected chi connectivity index (χ4v) is 1.10. The summed E-state index contributed by atoms with van der Waals surface area (Å²) in [5, 5.41) is 0. The molecule has 0 aliphatic heterocycles. The van der Waals surface area contributed by atoms with Gasteiger partial charge in [-0.2, -0.15) is 11.8 Å². The Morgan fingerprint density at radius 1 is 1.73 bits per heavy atom. The lowest BCUT2D eigenvalue weighted by molar-refractivity contribution is -0.144. The van der Waals surface area contributed by atoms with Crippen LogP contribution in [0.15, 0.2) is 0 Å². The van der Waals surface area contributed by atoms with Gasteiger partial charge in [-0.1, -0.05) is 0 Å². The van der Waals surface area contributed by atoms with Crippen LogP contribution in [0.4, 0.5) is 0 Å². The number of carbonyl (C=O) groups excluding carboxylic acids is 1. The van der Waals surface area contributed by atoms with Crippen LogP contribution < -0.4 is 5.73 Å². The molecule has 0 aromatic carbocycles. The van der Waals surface area contributed by atoms with Crippen LogP contribution in [0.3, 0.4) is 0 Å². The van der Waals surface area contributed by atoms with Crippen LogP contribution in [-0.4, -0.2) is 30.6 Å². The predicted molar refractivity (Wildman–Crippen MR) is 47.6 cm³/mol. The SMILES string of the molecule is CCOC(=O)[C@@H](N)CCSC. The number of hydrogen-bond donors (Lipinski definition) is 1. The monoisotopic (exact) mass is 177 g/mol. The van der Waals surface area contributed by atoms with Gasteiger partial charge in [0.2, 0.25) is 0 Å². The van der Waals surface area contributed by atoms with Crippen LogP contribution in [0, 0.1) is 0 Å². The van der Waals surface area contributed by atoms with Gasteiger partial charge in [-0.15, -0.1) is 0 Å².